The fourth-order valence-corrected chi connectivity index (χ4v) is 3.57. The van der Waals surface area contributed by atoms with Crippen molar-refractivity contribution in [1.82, 2.24) is 10.2 Å². The van der Waals surface area contributed by atoms with E-state index in [4.69, 9.17) is 11.6 Å². The van der Waals surface area contributed by atoms with Crippen molar-refractivity contribution < 1.29 is 18.4 Å². The molecule has 0 radical (unpaired) electrons. The van der Waals surface area contributed by atoms with E-state index in [0.29, 0.717) is 9.21 Å². The lowest BCUT2D eigenvalue weighted by Gasteiger charge is -2.22. The van der Waals surface area contributed by atoms with Gasteiger partial charge in [-0.1, -0.05) is 11.6 Å². The summed E-state index contributed by atoms with van der Waals surface area (Å²) in [5.41, 5.74) is -1.85. The molecule has 2 aromatic rings. The summed E-state index contributed by atoms with van der Waals surface area (Å²) in [6.45, 7) is 1.38. The van der Waals surface area contributed by atoms with E-state index in [0.717, 1.165) is 23.1 Å². The van der Waals surface area contributed by atoms with Crippen molar-refractivity contribution in [3.63, 3.8) is 0 Å². The quantitative estimate of drug-likeness (QED) is 0.853. The van der Waals surface area contributed by atoms with E-state index in [1.807, 2.05) is 0 Å². The molecule has 1 aromatic carbocycles. The van der Waals surface area contributed by atoms with Gasteiger partial charge in [0.15, 0.2) is 0 Å². The van der Waals surface area contributed by atoms with Gasteiger partial charge in [0, 0.05) is 10.4 Å². The summed E-state index contributed by atoms with van der Waals surface area (Å²) in [5, 5.41) is 2.44. The highest BCUT2D eigenvalue weighted by Gasteiger charge is 2.50. The summed E-state index contributed by atoms with van der Waals surface area (Å²) in [5.74, 6) is -2.09. The van der Waals surface area contributed by atoms with Gasteiger partial charge in [-0.05, 0) is 37.3 Å². The molecule has 1 aliphatic rings. The average molecular weight is 357 g/mol. The number of benzene rings is 1. The van der Waals surface area contributed by atoms with Crippen LogP contribution < -0.4 is 5.32 Å². The van der Waals surface area contributed by atoms with E-state index < -0.39 is 29.1 Å². The van der Waals surface area contributed by atoms with Gasteiger partial charge in [0.2, 0.25) is 0 Å². The fourth-order valence-electron chi connectivity index (χ4n) is 2.50. The molecule has 1 aromatic heterocycles. The number of carbonyl (C=O) groups excluding carboxylic acids is 2. The predicted octanol–water partition coefficient (Wildman–Crippen LogP) is 3.65. The van der Waals surface area contributed by atoms with Crippen LogP contribution in [0.15, 0.2) is 30.3 Å². The maximum absolute atomic E-state index is 14.0. The molecular weight excluding hydrogens is 346 g/mol. The lowest BCUT2D eigenvalue weighted by molar-refractivity contribution is -0.131. The number of hydrogen-bond donors (Lipinski definition) is 1. The van der Waals surface area contributed by atoms with Crippen LogP contribution in [0.3, 0.4) is 0 Å². The van der Waals surface area contributed by atoms with Crippen LogP contribution in [0.1, 0.15) is 17.4 Å². The zero-order valence-electron chi connectivity index (χ0n) is 11.9. The van der Waals surface area contributed by atoms with Gasteiger partial charge in [0.25, 0.3) is 5.91 Å². The van der Waals surface area contributed by atoms with Gasteiger partial charge in [-0.25, -0.2) is 13.6 Å². The van der Waals surface area contributed by atoms with Gasteiger partial charge in [-0.15, -0.1) is 11.3 Å². The molecule has 1 atom stereocenters. The molecule has 8 heteroatoms. The summed E-state index contributed by atoms with van der Waals surface area (Å²) in [7, 11) is 0. The van der Waals surface area contributed by atoms with Gasteiger partial charge in [-0.3, -0.25) is 9.69 Å². The average Bonchev–Trinajstić information content (AvgIpc) is 2.99. The van der Waals surface area contributed by atoms with E-state index >= 15 is 0 Å². The number of nitrogens with zero attached hydrogens (tertiary/aromatic N) is 1. The first-order chi connectivity index (χ1) is 10.8. The molecule has 1 saturated heterocycles. The second-order valence-corrected chi connectivity index (χ2v) is 7.08. The van der Waals surface area contributed by atoms with Crippen LogP contribution in [-0.2, 0) is 16.9 Å². The van der Waals surface area contributed by atoms with Crippen molar-refractivity contribution in [2.24, 2.45) is 0 Å². The SMILES string of the molecule is C[C@@]1(c2cc(F)ccc2F)NC(=O)N(Cc2ccc(Cl)s2)C1=O. The van der Waals surface area contributed by atoms with Crippen LogP contribution in [0.2, 0.25) is 4.34 Å². The van der Waals surface area contributed by atoms with Crippen LogP contribution in [0, 0.1) is 11.6 Å². The summed E-state index contributed by atoms with van der Waals surface area (Å²) in [4.78, 5) is 26.4. The number of urea groups is 1. The fraction of sp³-hybridized carbons (Fsp3) is 0.200. The summed E-state index contributed by atoms with van der Waals surface area (Å²) in [6, 6.07) is 5.49. The van der Waals surface area contributed by atoms with Crippen LogP contribution in [0.4, 0.5) is 13.6 Å². The summed E-state index contributed by atoms with van der Waals surface area (Å²) in [6.07, 6.45) is 0. The first-order valence-corrected chi connectivity index (χ1v) is 7.84. The maximum Gasteiger partial charge on any atom is 0.325 e. The lowest BCUT2D eigenvalue weighted by atomic mass is 9.91. The molecule has 4 nitrogen and oxygen atoms in total. The Hall–Kier alpha value is -1.99. The van der Waals surface area contributed by atoms with Gasteiger partial charge in [0.05, 0.1) is 10.9 Å². The predicted molar refractivity (Wildman–Crippen MR) is 82.1 cm³/mol. The largest absolute Gasteiger partial charge is 0.325 e. The minimum Gasteiger partial charge on any atom is -0.319 e. The minimum absolute atomic E-state index is 0.0224. The van der Waals surface area contributed by atoms with E-state index in [-0.39, 0.29) is 12.1 Å². The van der Waals surface area contributed by atoms with Gasteiger partial charge < -0.3 is 5.32 Å². The number of nitrogens with one attached hydrogen (secondary N) is 1. The Morgan fingerprint density at radius 2 is 2.00 bits per heavy atom. The molecule has 23 heavy (non-hydrogen) atoms. The monoisotopic (exact) mass is 356 g/mol. The molecule has 120 valence electrons. The van der Waals surface area contributed by atoms with E-state index in [1.165, 1.54) is 18.3 Å². The molecule has 3 amide bonds. The zero-order chi connectivity index (χ0) is 16.8. The number of carbonyl (C=O) groups is 2. The Kier molecular flexibility index (Phi) is 3.85. The molecule has 2 heterocycles. The first kappa shape index (κ1) is 15.9. The third-order valence-corrected chi connectivity index (χ3v) is 4.90. The molecule has 1 aliphatic heterocycles. The number of thiophene rings is 1. The lowest BCUT2D eigenvalue weighted by Crippen LogP contribution is -2.41. The normalized spacial score (nSPS) is 21.0. The Morgan fingerprint density at radius 3 is 2.65 bits per heavy atom. The zero-order valence-corrected chi connectivity index (χ0v) is 13.5. The number of halogens is 3. The molecule has 3 rings (SSSR count). The van der Waals surface area contributed by atoms with Crippen molar-refractivity contribution in [1.29, 1.82) is 0 Å². The molecule has 0 bridgehead atoms. The highest BCUT2D eigenvalue weighted by Crippen LogP contribution is 2.33. The van der Waals surface area contributed by atoms with Gasteiger partial charge in [-0.2, -0.15) is 0 Å². The summed E-state index contributed by atoms with van der Waals surface area (Å²) >= 11 is 7.07. The second kappa shape index (κ2) is 5.58. The molecule has 0 unspecified atom stereocenters. The Balaban J connectivity index is 1.95. The molecular formula is C15H11ClF2N2O2S. The van der Waals surface area contributed by atoms with Crippen molar-refractivity contribution in [3.05, 3.63) is 56.7 Å². The van der Waals surface area contributed by atoms with Crippen LogP contribution in [0.5, 0.6) is 0 Å². The number of imide groups is 1. The minimum atomic E-state index is -1.65. The summed E-state index contributed by atoms with van der Waals surface area (Å²) < 4.78 is 28.0. The van der Waals surface area contributed by atoms with Gasteiger partial charge >= 0.3 is 6.03 Å². The first-order valence-electron chi connectivity index (χ1n) is 6.65. The van der Waals surface area contributed by atoms with Crippen molar-refractivity contribution in [2.75, 3.05) is 0 Å². The Labute approximate surface area is 139 Å². The van der Waals surface area contributed by atoms with Crippen LogP contribution >= 0.6 is 22.9 Å². The number of rotatable bonds is 3. The highest BCUT2D eigenvalue weighted by atomic mass is 35.5. The smallest absolute Gasteiger partial charge is 0.319 e. The number of amides is 3. The molecule has 0 aliphatic carbocycles. The van der Waals surface area contributed by atoms with E-state index in [2.05, 4.69) is 5.32 Å². The molecule has 0 spiro atoms. The Morgan fingerprint density at radius 1 is 1.26 bits per heavy atom. The molecule has 1 fully saturated rings. The second-order valence-electron chi connectivity index (χ2n) is 5.28. The highest BCUT2D eigenvalue weighted by molar-refractivity contribution is 7.16. The molecule has 1 N–H and O–H groups in total. The van der Waals surface area contributed by atoms with Crippen molar-refractivity contribution in [3.8, 4) is 0 Å². The van der Waals surface area contributed by atoms with E-state index in [9.17, 15) is 18.4 Å². The van der Waals surface area contributed by atoms with Gasteiger partial charge in [0.1, 0.15) is 17.2 Å². The third-order valence-electron chi connectivity index (χ3n) is 3.68. The van der Waals surface area contributed by atoms with E-state index in [1.54, 1.807) is 12.1 Å². The maximum atomic E-state index is 14.0. The van der Waals surface area contributed by atoms with Crippen LogP contribution in [-0.4, -0.2) is 16.8 Å². The topological polar surface area (TPSA) is 49.4 Å². The Bertz CT molecular complexity index is 811. The molecule has 0 saturated carbocycles. The van der Waals surface area contributed by atoms with Crippen molar-refractivity contribution >= 4 is 34.9 Å². The third kappa shape index (κ3) is 2.70. The standard InChI is InChI=1S/C15H11ClF2N2O2S/c1-15(10-6-8(17)2-4-11(10)18)13(21)20(14(22)19-15)7-9-3-5-12(16)23-9/h2-6H,7H2,1H3,(H,19,22)/t15-/m0/s1. The van der Waals surface area contributed by atoms with Crippen LogP contribution in [0.25, 0.3) is 0 Å². The van der Waals surface area contributed by atoms with Crippen molar-refractivity contribution in [2.45, 2.75) is 19.0 Å². The number of hydrogen-bond acceptors (Lipinski definition) is 3.